The van der Waals surface area contributed by atoms with Gasteiger partial charge in [-0.15, -0.1) is 0 Å². The molecule has 0 saturated carbocycles. The van der Waals surface area contributed by atoms with Crippen molar-refractivity contribution in [2.75, 3.05) is 5.32 Å². The van der Waals surface area contributed by atoms with Crippen LogP contribution in [0, 0.1) is 22.7 Å². The Hall–Kier alpha value is -4.82. The number of aliphatic carboxylic acids is 1. The third kappa shape index (κ3) is 6.16. The molecule has 0 bridgehead atoms. The van der Waals surface area contributed by atoms with Crippen molar-refractivity contribution in [2.24, 2.45) is 4.99 Å². The molecule has 3 rings (SSSR count). The highest BCUT2D eigenvalue weighted by molar-refractivity contribution is 6.18. The molecule has 0 fully saturated rings. The summed E-state index contributed by atoms with van der Waals surface area (Å²) in [6.07, 6.45) is 1.32. The number of hydrogen-bond donors (Lipinski definition) is 2. The van der Waals surface area contributed by atoms with E-state index in [0.29, 0.717) is 22.5 Å². The number of pyridine rings is 1. The molecule has 0 saturated heterocycles. The lowest BCUT2D eigenvalue weighted by Crippen LogP contribution is -2.38. The Morgan fingerprint density at radius 2 is 1.54 bits per heavy atom. The molecule has 1 amide bonds. The molecule has 3 aromatic rings. The summed E-state index contributed by atoms with van der Waals surface area (Å²) in [4.78, 5) is 34.1. The first-order valence-electron chi connectivity index (χ1n) is 10.9. The molecular formula is C27H23N5O3. The Morgan fingerprint density at radius 1 is 0.914 bits per heavy atom. The van der Waals surface area contributed by atoms with Crippen molar-refractivity contribution >= 4 is 23.3 Å². The molecule has 0 aliphatic carbocycles. The first kappa shape index (κ1) is 24.8. The molecule has 1 aromatic heterocycles. The molecule has 8 nitrogen and oxygen atoms in total. The largest absolute Gasteiger partial charge is 0.479 e. The maximum absolute atomic E-state index is 12.8. The topological polar surface area (TPSA) is 139 Å². The van der Waals surface area contributed by atoms with Gasteiger partial charge >= 0.3 is 5.97 Å². The van der Waals surface area contributed by atoms with Gasteiger partial charge in [0.05, 0.1) is 23.5 Å². The molecule has 0 unspecified atom stereocenters. The van der Waals surface area contributed by atoms with Crippen LogP contribution in [0.25, 0.3) is 0 Å². The minimum atomic E-state index is -1.69. The number of anilines is 1. The summed E-state index contributed by atoms with van der Waals surface area (Å²) >= 11 is 0. The number of rotatable bonds is 10. The zero-order valence-electron chi connectivity index (χ0n) is 18.9. The van der Waals surface area contributed by atoms with Crippen molar-refractivity contribution in [2.45, 2.75) is 31.2 Å². The van der Waals surface area contributed by atoms with Crippen LogP contribution < -0.4 is 5.32 Å². The number of hydrogen-bond acceptors (Lipinski definition) is 6. The molecule has 0 radical (unpaired) electrons. The van der Waals surface area contributed by atoms with Crippen molar-refractivity contribution in [1.82, 2.24) is 4.98 Å². The highest BCUT2D eigenvalue weighted by Gasteiger charge is 2.38. The van der Waals surface area contributed by atoms with Crippen LogP contribution in [0.3, 0.4) is 0 Å². The molecule has 174 valence electrons. The molecule has 1 heterocycles. The standard InChI is InChI=1S/C27H23N5O3/c28-17-8-15-27(26(34)35,16-9-18-29)32-24(20-10-2-1-3-11-20)21-12-4-5-13-22(21)31-25(33)23-14-6-7-19-30-23/h1-7,10-14,19H,8-9,15-16H2,(H,31,33)(H,34,35). The quantitative estimate of drug-likeness (QED) is 0.419. The maximum atomic E-state index is 12.8. The third-order valence-electron chi connectivity index (χ3n) is 5.40. The van der Waals surface area contributed by atoms with Crippen LogP contribution in [0.5, 0.6) is 0 Å². The number of carboxylic acids is 1. The molecule has 2 aromatic carbocycles. The van der Waals surface area contributed by atoms with Gasteiger partial charge in [-0.25, -0.2) is 4.79 Å². The molecule has 8 heteroatoms. The number of nitrogens with one attached hydrogen (secondary N) is 1. The molecule has 0 atom stereocenters. The van der Waals surface area contributed by atoms with Crippen LogP contribution in [-0.4, -0.2) is 33.2 Å². The van der Waals surface area contributed by atoms with Gasteiger partial charge in [0.25, 0.3) is 5.91 Å². The van der Waals surface area contributed by atoms with Crippen molar-refractivity contribution in [1.29, 1.82) is 10.5 Å². The summed E-state index contributed by atoms with van der Waals surface area (Å²) < 4.78 is 0. The summed E-state index contributed by atoms with van der Waals surface area (Å²) in [5.74, 6) is -1.64. The van der Waals surface area contributed by atoms with Gasteiger partial charge in [-0.2, -0.15) is 10.5 Å². The van der Waals surface area contributed by atoms with E-state index in [1.165, 1.54) is 6.20 Å². The molecular weight excluding hydrogens is 442 g/mol. The fraction of sp³-hybridized carbons (Fsp3) is 0.185. The van der Waals surface area contributed by atoms with E-state index in [-0.39, 0.29) is 31.4 Å². The summed E-state index contributed by atoms with van der Waals surface area (Å²) in [6.45, 7) is 0. The Kier molecular flexibility index (Phi) is 8.42. The average molecular weight is 466 g/mol. The van der Waals surface area contributed by atoms with Gasteiger partial charge in [-0.3, -0.25) is 14.8 Å². The number of benzene rings is 2. The molecule has 2 N–H and O–H groups in total. The first-order valence-corrected chi connectivity index (χ1v) is 10.9. The Balaban J connectivity index is 2.18. The van der Waals surface area contributed by atoms with E-state index in [9.17, 15) is 14.7 Å². The molecule has 0 spiro atoms. The minimum absolute atomic E-state index is 0.0403. The smallest absolute Gasteiger partial charge is 0.331 e. The lowest BCUT2D eigenvalue weighted by atomic mass is 9.88. The Morgan fingerprint density at radius 3 is 2.14 bits per heavy atom. The lowest BCUT2D eigenvalue weighted by Gasteiger charge is -2.26. The Bertz CT molecular complexity index is 1270. The van der Waals surface area contributed by atoms with E-state index in [1.807, 2.05) is 18.2 Å². The van der Waals surface area contributed by atoms with Crippen LogP contribution in [0.1, 0.15) is 47.3 Å². The molecule has 35 heavy (non-hydrogen) atoms. The van der Waals surface area contributed by atoms with Gasteiger partial charge in [0, 0.05) is 30.2 Å². The fourth-order valence-electron chi connectivity index (χ4n) is 3.60. The van der Waals surface area contributed by atoms with E-state index in [1.54, 1.807) is 66.7 Å². The van der Waals surface area contributed by atoms with Crippen molar-refractivity contribution in [3.8, 4) is 12.1 Å². The van der Waals surface area contributed by atoms with Gasteiger partial charge in [0.2, 0.25) is 0 Å². The second kappa shape index (κ2) is 11.9. The lowest BCUT2D eigenvalue weighted by molar-refractivity contribution is -0.143. The molecule has 0 aliphatic rings. The monoisotopic (exact) mass is 465 g/mol. The number of nitrogens with zero attached hydrogens (tertiary/aromatic N) is 4. The highest BCUT2D eigenvalue weighted by Crippen LogP contribution is 2.29. The van der Waals surface area contributed by atoms with Gasteiger partial charge in [-0.05, 0) is 31.0 Å². The number of amides is 1. The minimum Gasteiger partial charge on any atom is -0.479 e. The van der Waals surface area contributed by atoms with Gasteiger partial charge < -0.3 is 10.4 Å². The van der Waals surface area contributed by atoms with E-state index in [4.69, 9.17) is 15.5 Å². The fourth-order valence-corrected chi connectivity index (χ4v) is 3.60. The first-order chi connectivity index (χ1) is 17.0. The number of carbonyl (C=O) groups is 2. The van der Waals surface area contributed by atoms with Crippen LogP contribution in [0.2, 0.25) is 0 Å². The predicted octanol–water partition coefficient (Wildman–Crippen LogP) is 4.60. The maximum Gasteiger partial charge on any atom is 0.331 e. The predicted molar refractivity (Wildman–Crippen MR) is 131 cm³/mol. The normalized spacial score (nSPS) is 11.2. The second-order valence-corrected chi connectivity index (χ2v) is 7.69. The van der Waals surface area contributed by atoms with E-state index < -0.39 is 17.4 Å². The van der Waals surface area contributed by atoms with E-state index in [0.717, 1.165) is 0 Å². The van der Waals surface area contributed by atoms with Crippen LogP contribution in [0.15, 0.2) is 84.0 Å². The summed E-state index contributed by atoms with van der Waals surface area (Å²) in [6, 6.07) is 24.9. The van der Waals surface area contributed by atoms with Crippen molar-refractivity contribution in [3.63, 3.8) is 0 Å². The van der Waals surface area contributed by atoms with Gasteiger partial charge in [0.1, 0.15) is 5.69 Å². The van der Waals surface area contributed by atoms with E-state index >= 15 is 0 Å². The zero-order valence-corrected chi connectivity index (χ0v) is 18.9. The number of carboxylic acid groups (broad SMARTS) is 1. The van der Waals surface area contributed by atoms with Crippen molar-refractivity contribution in [3.05, 3.63) is 95.8 Å². The van der Waals surface area contributed by atoms with Crippen LogP contribution in [0.4, 0.5) is 5.69 Å². The number of carbonyl (C=O) groups excluding carboxylic acids is 1. The van der Waals surface area contributed by atoms with Crippen LogP contribution >= 0.6 is 0 Å². The van der Waals surface area contributed by atoms with Crippen molar-refractivity contribution < 1.29 is 14.7 Å². The van der Waals surface area contributed by atoms with Gasteiger partial charge in [-0.1, -0.05) is 54.6 Å². The SMILES string of the molecule is N#CCCC(CCC#N)(N=C(c1ccccc1)c1ccccc1NC(=O)c1ccccn1)C(=O)O. The average Bonchev–Trinajstić information content (AvgIpc) is 2.90. The summed E-state index contributed by atoms with van der Waals surface area (Å²) in [5, 5.41) is 31.3. The number of aliphatic imine (C=N–C) groups is 1. The third-order valence-corrected chi connectivity index (χ3v) is 5.40. The number of nitriles is 2. The van der Waals surface area contributed by atoms with E-state index in [2.05, 4.69) is 10.3 Å². The number of para-hydroxylation sites is 1. The highest BCUT2D eigenvalue weighted by atomic mass is 16.4. The van der Waals surface area contributed by atoms with Gasteiger partial charge in [0.15, 0.2) is 5.54 Å². The zero-order chi connectivity index (χ0) is 25.1. The Labute approximate surface area is 203 Å². The molecule has 0 aliphatic heterocycles. The van der Waals surface area contributed by atoms with Crippen LogP contribution in [-0.2, 0) is 4.79 Å². The summed E-state index contributed by atoms with van der Waals surface area (Å²) in [5.41, 5.74) is 0.429. The number of aromatic nitrogens is 1. The summed E-state index contributed by atoms with van der Waals surface area (Å²) in [7, 11) is 0. The second-order valence-electron chi connectivity index (χ2n) is 7.69.